The molecule has 0 aliphatic carbocycles. The van der Waals surface area contributed by atoms with Gasteiger partial charge in [0.2, 0.25) is 0 Å². The molecule has 28 heavy (non-hydrogen) atoms. The molecule has 0 atom stereocenters. The maximum Gasteiger partial charge on any atom is 0.437 e. The van der Waals surface area contributed by atoms with E-state index < -0.39 is 6.09 Å². The van der Waals surface area contributed by atoms with Crippen LogP contribution in [0.3, 0.4) is 0 Å². The number of carbonyl (C=O) groups excluding carboxylic acids is 1. The molecule has 0 aromatic heterocycles. The second-order valence-electron chi connectivity index (χ2n) is 6.12. The third kappa shape index (κ3) is 6.64. The maximum atomic E-state index is 12.8. The molecule has 148 valence electrons. The summed E-state index contributed by atoms with van der Waals surface area (Å²) in [6, 6.07) is 12.6. The van der Waals surface area contributed by atoms with E-state index in [1.165, 1.54) is 30.5 Å². The van der Waals surface area contributed by atoms with Crippen LogP contribution in [0.1, 0.15) is 5.56 Å². The van der Waals surface area contributed by atoms with Crippen molar-refractivity contribution in [1.29, 1.82) is 0 Å². The van der Waals surface area contributed by atoms with Gasteiger partial charge in [0.25, 0.3) is 0 Å². The summed E-state index contributed by atoms with van der Waals surface area (Å²) in [4.78, 5) is 18.7. The summed E-state index contributed by atoms with van der Waals surface area (Å²) < 4.78 is 23.8. The summed E-state index contributed by atoms with van der Waals surface area (Å²) in [7, 11) is 0. The second-order valence-corrected chi connectivity index (χ2v) is 6.12. The molecule has 0 spiro atoms. The van der Waals surface area contributed by atoms with E-state index in [9.17, 15) is 9.18 Å². The molecular weight excluding hydrogens is 365 g/mol. The smallest absolute Gasteiger partial charge is 0.437 e. The van der Waals surface area contributed by atoms with Crippen LogP contribution in [-0.4, -0.2) is 56.7 Å². The van der Waals surface area contributed by atoms with Crippen LogP contribution in [0.25, 0.3) is 0 Å². The van der Waals surface area contributed by atoms with Gasteiger partial charge in [-0.1, -0.05) is 17.3 Å². The predicted octanol–water partition coefficient (Wildman–Crippen LogP) is 3.12. The van der Waals surface area contributed by atoms with Gasteiger partial charge < -0.3 is 9.47 Å². The number of benzene rings is 2. The lowest BCUT2D eigenvalue weighted by Gasteiger charge is -2.26. The zero-order valence-corrected chi connectivity index (χ0v) is 15.3. The summed E-state index contributed by atoms with van der Waals surface area (Å²) in [6.45, 7) is 4.83. The Bertz CT molecular complexity index is 775. The molecule has 2 aromatic rings. The lowest BCUT2D eigenvalue weighted by Crippen LogP contribution is -2.38. The van der Waals surface area contributed by atoms with Gasteiger partial charge in [-0.2, -0.15) is 0 Å². The normalized spacial score (nSPS) is 14.8. The van der Waals surface area contributed by atoms with E-state index in [1.807, 2.05) is 0 Å². The molecular formula is C20H22FN3O4. The second kappa shape index (κ2) is 10.4. The van der Waals surface area contributed by atoms with Crippen molar-refractivity contribution in [2.45, 2.75) is 0 Å². The minimum Gasteiger partial charge on any atom is -0.492 e. The van der Waals surface area contributed by atoms with Crippen LogP contribution in [0, 0.1) is 5.82 Å². The third-order valence-electron chi connectivity index (χ3n) is 4.09. The van der Waals surface area contributed by atoms with Gasteiger partial charge in [0, 0.05) is 25.3 Å². The number of amides is 1. The van der Waals surface area contributed by atoms with E-state index >= 15 is 0 Å². The van der Waals surface area contributed by atoms with Crippen LogP contribution in [0.2, 0.25) is 0 Å². The van der Waals surface area contributed by atoms with Crippen LogP contribution in [0.4, 0.5) is 14.9 Å². The van der Waals surface area contributed by atoms with Crippen molar-refractivity contribution >= 4 is 18.0 Å². The average Bonchev–Trinajstić information content (AvgIpc) is 2.72. The Morgan fingerprint density at radius 1 is 1.14 bits per heavy atom. The van der Waals surface area contributed by atoms with E-state index in [-0.39, 0.29) is 5.82 Å². The first-order valence-electron chi connectivity index (χ1n) is 8.99. The Balaban J connectivity index is 1.38. The molecule has 1 saturated heterocycles. The molecule has 1 N–H and O–H groups in total. The number of rotatable bonds is 7. The minimum atomic E-state index is -0.723. The van der Waals surface area contributed by atoms with E-state index in [0.717, 1.165) is 38.6 Å². The summed E-state index contributed by atoms with van der Waals surface area (Å²) in [5, 5.41) is 6.13. The summed E-state index contributed by atoms with van der Waals surface area (Å²) in [6.07, 6.45) is 0.601. The van der Waals surface area contributed by atoms with Gasteiger partial charge in [0.1, 0.15) is 18.2 Å². The number of hydrogen-bond acceptors (Lipinski definition) is 6. The largest absolute Gasteiger partial charge is 0.492 e. The quantitative estimate of drug-likeness (QED) is 0.449. The number of carbonyl (C=O) groups is 1. The highest BCUT2D eigenvalue weighted by atomic mass is 19.1. The fraction of sp³-hybridized carbons (Fsp3) is 0.300. The van der Waals surface area contributed by atoms with Crippen LogP contribution in [0.5, 0.6) is 5.75 Å². The third-order valence-corrected chi connectivity index (χ3v) is 4.09. The molecule has 8 heteroatoms. The summed E-state index contributed by atoms with van der Waals surface area (Å²) in [5.74, 6) is 0.380. The molecule has 1 amide bonds. The first-order valence-corrected chi connectivity index (χ1v) is 8.99. The van der Waals surface area contributed by atoms with E-state index in [4.69, 9.17) is 14.3 Å². The molecule has 0 unspecified atom stereocenters. The highest BCUT2D eigenvalue weighted by molar-refractivity contribution is 5.85. The molecule has 0 radical (unpaired) electrons. The molecule has 0 bridgehead atoms. The van der Waals surface area contributed by atoms with Gasteiger partial charge in [0.05, 0.1) is 19.4 Å². The topological polar surface area (TPSA) is 72.4 Å². The molecule has 1 aliphatic heterocycles. The fourth-order valence-corrected chi connectivity index (χ4v) is 2.58. The number of nitrogens with one attached hydrogen (secondary N) is 1. The number of morpholine rings is 1. The van der Waals surface area contributed by atoms with Crippen molar-refractivity contribution in [2.75, 3.05) is 44.8 Å². The zero-order chi connectivity index (χ0) is 19.6. The van der Waals surface area contributed by atoms with Crippen molar-refractivity contribution in [3.63, 3.8) is 0 Å². The Morgan fingerprint density at radius 3 is 2.57 bits per heavy atom. The average molecular weight is 387 g/mol. The Kier molecular flexibility index (Phi) is 7.34. The molecule has 3 rings (SSSR count). The van der Waals surface area contributed by atoms with Crippen molar-refractivity contribution < 1.29 is 23.5 Å². The first-order chi connectivity index (χ1) is 13.7. The van der Waals surface area contributed by atoms with Crippen molar-refractivity contribution in [3.8, 4) is 5.75 Å². The van der Waals surface area contributed by atoms with Crippen LogP contribution in [-0.2, 0) is 9.57 Å². The number of oxime groups is 1. The predicted molar refractivity (Wildman–Crippen MR) is 103 cm³/mol. The molecule has 1 heterocycles. The first kappa shape index (κ1) is 19.8. The molecule has 1 aliphatic rings. The van der Waals surface area contributed by atoms with Gasteiger partial charge in [-0.05, 0) is 42.0 Å². The number of nitrogens with zero attached hydrogens (tertiary/aromatic N) is 2. The zero-order valence-electron chi connectivity index (χ0n) is 15.3. The summed E-state index contributed by atoms with van der Waals surface area (Å²) >= 11 is 0. The Hall–Kier alpha value is -2.97. The maximum absolute atomic E-state index is 12.8. The van der Waals surface area contributed by atoms with Crippen LogP contribution in [0.15, 0.2) is 53.7 Å². The number of ether oxygens (including phenoxy) is 2. The molecule has 0 saturated carbocycles. The lowest BCUT2D eigenvalue weighted by atomic mass is 10.2. The van der Waals surface area contributed by atoms with Gasteiger partial charge in [-0.25, -0.2) is 9.18 Å². The fourth-order valence-electron chi connectivity index (χ4n) is 2.58. The highest BCUT2D eigenvalue weighted by Gasteiger charge is 2.09. The summed E-state index contributed by atoms with van der Waals surface area (Å²) in [5.41, 5.74) is 1.18. The lowest BCUT2D eigenvalue weighted by molar-refractivity contribution is 0.0322. The number of halogens is 1. The number of hydrogen-bond donors (Lipinski definition) is 1. The SMILES string of the molecule is O=C(Nc1ccc(OCCN2CCOCC2)cc1)ON=Cc1ccc(F)cc1. The van der Waals surface area contributed by atoms with Gasteiger partial charge in [-0.3, -0.25) is 15.1 Å². The van der Waals surface area contributed by atoms with Crippen molar-refractivity contribution in [2.24, 2.45) is 5.16 Å². The standard InChI is InChI=1S/C20H22FN3O4/c21-17-3-1-16(2-4-17)15-22-28-20(25)23-18-5-7-19(8-6-18)27-14-11-24-9-12-26-13-10-24/h1-8,15H,9-14H2,(H,23,25). The molecule has 1 fully saturated rings. The minimum absolute atomic E-state index is 0.343. The van der Waals surface area contributed by atoms with Gasteiger partial charge in [-0.15, -0.1) is 0 Å². The van der Waals surface area contributed by atoms with E-state index in [0.29, 0.717) is 17.9 Å². The Morgan fingerprint density at radius 2 is 1.86 bits per heavy atom. The van der Waals surface area contributed by atoms with Crippen molar-refractivity contribution in [1.82, 2.24) is 4.90 Å². The Labute approximate surface area is 162 Å². The van der Waals surface area contributed by atoms with Crippen molar-refractivity contribution in [3.05, 3.63) is 59.9 Å². The van der Waals surface area contributed by atoms with Crippen LogP contribution >= 0.6 is 0 Å². The monoisotopic (exact) mass is 387 g/mol. The highest BCUT2D eigenvalue weighted by Crippen LogP contribution is 2.16. The van der Waals surface area contributed by atoms with E-state index in [1.54, 1.807) is 24.3 Å². The molecule has 2 aromatic carbocycles. The van der Waals surface area contributed by atoms with Crippen LogP contribution < -0.4 is 10.1 Å². The van der Waals surface area contributed by atoms with Gasteiger partial charge >= 0.3 is 6.09 Å². The molecule has 7 nitrogen and oxygen atoms in total. The van der Waals surface area contributed by atoms with E-state index in [2.05, 4.69) is 15.4 Å². The van der Waals surface area contributed by atoms with Gasteiger partial charge in [0.15, 0.2) is 0 Å². The number of anilines is 1.